The highest BCUT2D eigenvalue weighted by molar-refractivity contribution is 7.89. The minimum atomic E-state index is -3.86. The Morgan fingerprint density at radius 2 is 2.05 bits per heavy atom. The molecule has 0 bridgehead atoms. The van der Waals surface area contributed by atoms with Crippen LogP contribution in [0.1, 0.15) is 5.76 Å². The Morgan fingerprint density at radius 3 is 2.65 bits per heavy atom. The van der Waals surface area contributed by atoms with E-state index in [2.05, 4.69) is 4.72 Å². The molecule has 106 valence electrons. The molecule has 7 nitrogen and oxygen atoms in total. The van der Waals surface area contributed by atoms with Crippen molar-refractivity contribution in [2.45, 2.75) is 11.4 Å². The summed E-state index contributed by atoms with van der Waals surface area (Å²) in [5, 5.41) is 10.8. The number of benzene rings is 1. The van der Waals surface area contributed by atoms with E-state index in [1.165, 1.54) is 30.3 Å². The zero-order valence-electron chi connectivity index (χ0n) is 9.95. The van der Waals surface area contributed by atoms with Gasteiger partial charge in [0.2, 0.25) is 10.0 Å². The molecule has 1 aromatic heterocycles. The van der Waals surface area contributed by atoms with E-state index in [0.29, 0.717) is 5.76 Å². The number of hydrogen-bond donors (Lipinski definition) is 1. The van der Waals surface area contributed by atoms with Crippen LogP contribution in [-0.4, -0.2) is 13.3 Å². The van der Waals surface area contributed by atoms with Gasteiger partial charge in [0.1, 0.15) is 5.76 Å². The van der Waals surface area contributed by atoms with E-state index in [9.17, 15) is 18.5 Å². The Morgan fingerprint density at radius 1 is 1.30 bits per heavy atom. The topological polar surface area (TPSA) is 102 Å². The second kappa shape index (κ2) is 5.61. The van der Waals surface area contributed by atoms with Gasteiger partial charge in [-0.3, -0.25) is 10.1 Å². The van der Waals surface area contributed by atoms with Gasteiger partial charge in [0.25, 0.3) is 5.69 Å². The van der Waals surface area contributed by atoms with Crippen molar-refractivity contribution < 1.29 is 17.8 Å². The number of nitrogens with zero attached hydrogens (tertiary/aromatic N) is 1. The molecular weight excluding hydrogens is 308 g/mol. The van der Waals surface area contributed by atoms with Crippen molar-refractivity contribution in [3.63, 3.8) is 0 Å². The Kier molecular flexibility index (Phi) is 4.07. The number of nitro benzene ring substituents is 1. The number of non-ortho nitro benzene ring substituents is 1. The maximum Gasteiger partial charge on any atom is 0.270 e. The van der Waals surface area contributed by atoms with Crippen LogP contribution in [-0.2, 0) is 16.6 Å². The highest BCUT2D eigenvalue weighted by Gasteiger charge is 2.17. The van der Waals surface area contributed by atoms with Gasteiger partial charge in [0, 0.05) is 12.1 Å². The summed E-state index contributed by atoms with van der Waals surface area (Å²) < 4.78 is 31.2. The van der Waals surface area contributed by atoms with Crippen molar-refractivity contribution in [2.75, 3.05) is 0 Å². The molecule has 0 spiro atoms. The molecule has 0 saturated carbocycles. The van der Waals surface area contributed by atoms with E-state index in [1.54, 1.807) is 0 Å². The number of nitrogens with one attached hydrogen (secondary N) is 1. The van der Waals surface area contributed by atoms with E-state index >= 15 is 0 Å². The van der Waals surface area contributed by atoms with Crippen LogP contribution in [0.25, 0.3) is 0 Å². The van der Waals surface area contributed by atoms with Crippen LogP contribution in [0.5, 0.6) is 0 Å². The van der Waals surface area contributed by atoms with Gasteiger partial charge in [0.05, 0.1) is 16.4 Å². The second-order valence-electron chi connectivity index (χ2n) is 3.78. The SMILES string of the molecule is O=[N+]([O-])c1cccc(S(=O)(=O)NCc2ccc(Cl)o2)c1. The lowest BCUT2D eigenvalue weighted by Crippen LogP contribution is -2.23. The Balaban J connectivity index is 2.17. The average Bonchev–Trinajstić information content (AvgIpc) is 2.82. The minimum Gasteiger partial charge on any atom is -0.448 e. The minimum absolute atomic E-state index is 0.0995. The van der Waals surface area contributed by atoms with Crippen LogP contribution in [0.15, 0.2) is 45.7 Å². The number of hydrogen-bond acceptors (Lipinski definition) is 5. The molecule has 1 N–H and O–H groups in total. The molecular formula is C11H9ClN2O5S. The number of halogens is 1. The van der Waals surface area contributed by atoms with Gasteiger partial charge in [-0.25, -0.2) is 13.1 Å². The lowest BCUT2D eigenvalue weighted by molar-refractivity contribution is -0.385. The van der Waals surface area contributed by atoms with E-state index < -0.39 is 14.9 Å². The van der Waals surface area contributed by atoms with E-state index in [0.717, 1.165) is 6.07 Å². The van der Waals surface area contributed by atoms with Crippen LogP contribution in [0.4, 0.5) is 5.69 Å². The van der Waals surface area contributed by atoms with Crippen LogP contribution in [0.2, 0.25) is 5.22 Å². The Hall–Kier alpha value is -1.90. The molecule has 0 fully saturated rings. The summed E-state index contributed by atoms with van der Waals surface area (Å²) in [4.78, 5) is 9.77. The molecule has 0 atom stereocenters. The van der Waals surface area contributed by atoms with Crippen LogP contribution in [0, 0.1) is 10.1 Å². The smallest absolute Gasteiger partial charge is 0.270 e. The quantitative estimate of drug-likeness (QED) is 0.673. The first-order valence-corrected chi connectivity index (χ1v) is 7.23. The molecule has 2 rings (SSSR count). The summed E-state index contributed by atoms with van der Waals surface area (Å²) in [5.74, 6) is 0.337. The third-order valence-electron chi connectivity index (χ3n) is 2.40. The third kappa shape index (κ3) is 3.35. The number of sulfonamides is 1. The normalized spacial score (nSPS) is 11.4. The molecule has 0 aliphatic carbocycles. The first kappa shape index (κ1) is 14.5. The van der Waals surface area contributed by atoms with Gasteiger partial charge >= 0.3 is 0 Å². The zero-order chi connectivity index (χ0) is 14.8. The van der Waals surface area contributed by atoms with Crippen molar-refractivity contribution in [3.05, 3.63) is 57.5 Å². The number of rotatable bonds is 5. The zero-order valence-corrected chi connectivity index (χ0v) is 11.5. The first-order valence-electron chi connectivity index (χ1n) is 5.37. The standard InChI is InChI=1S/C11H9ClN2O5S/c12-11-5-4-9(19-11)7-13-20(17,18)10-3-1-2-8(6-10)14(15)16/h1-6,13H,7H2. The molecule has 0 aliphatic rings. The summed E-state index contributed by atoms with van der Waals surface area (Å²) in [6.45, 7) is -0.0995. The molecule has 0 unspecified atom stereocenters. The van der Waals surface area contributed by atoms with E-state index in [4.69, 9.17) is 16.0 Å². The van der Waals surface area contributed by atoms with E-state index in [1.807, 2.05) is 0 Å². The summed E-state index contributed by atoms with van der Waals surface area (Å²) in [5.41, 5.74) is -0.297. The van der Waals surface area contributed by atoms with Crippen molar-refractivity contribution in [1.29, 1.82) is 0 Å². The van der Waals surface area contributed by atoms with Gasteiger partial charge in [-0.2, -0.15) is 0 Å². The predicted molar refractivity (Wildman–Crippen MR) is 70.8 cm³/mol. The summed E-state index contributed by atoms with van der Waals surface area (Å²) in [7, 11) is -3.86. The molecule has 20 heavy (non-hydrogen) atoms. The van der Waals surface area contributed by atoms with Crippen molar-refractivity contribution in [3.8, 4) is 0 Å². The van der Waals surface area contributed by atoms with Crippen LogP contribution < -0.4 is 4.72 Å². The predicted octanol–water partition coefficient (Wildman–Crippen LogP) is 2.32. The van der Waals surface area contributed by atoms with Gasteiger partial charge in [-0.05, 0) is 29.8 Å². The molecule has 1 heterocycles. The summed E-state index contributed by atoms with van der Waals surface area (Å²) in [6.07, 6.45) is 0. The maximum absolute atomic E-state index is 12.0. The monoisotopic (exact) mass is 316 g/mol. The maximum atomic E-state index is 12.0. The molecule has 0 aliphatic heterocycles. The molecule has 1 aromatic carbocycles. The summed E-state index contributed by atoms with van der Waals surface area (Å²) >= 11 is 5.56. The van der Waals surface area contributed by atoms with Crippen molar-refractivity contribution in [1.82, 2.24) is 4.72 Å². The number of furan rings is 1. The van der Waals surface area contributed by atoms with Gasteiger partial charge < -0.3 is 4.42 Å². The second-order valence-corrected chi connectivity index (χ2v) is 5.92. The van der Waals surface area contributed by atoms with Crippen molar-refractivity contribution in [2.24, 2.45) is 0 Å². The van der Waals surface area contributed by atoms with Gasteiger partial charge in [-0.15, -0.1) is 0 Å². The lowest BCUT2D eigenvalue weighted by Gasteiger charge is -2.05. The van der Waals surface area contributed by atoms with Crippen LogP contribution in [0.3, 0.4) is 0 Å². The fourth-order valence-electron chi connectivity index (χ4n) is 1.46. The molecule has 0 amide bonds. The Labute approximate surface area is 119 Å². The highest BCUT2D eigenvalue weighted by Crippen LogP contribution is 2.18. The summed E-state index contributed by atoms with van der Waals surface area (Å²) in [6, 6.07) is 7.78. The van der Waals surface area contributed by atoms with Gasteiger partial charge in [0.15, 0.2) is 5.22 Å². The van der Waals surface area contributed by atoms with Crippen LogP contribution >= 0.6 is 11.6 Å². The lowest BCUT2D eigenvalue weighted by atomic mass is 10.3. The molecule has 2 aromatic rings. The van der Waals surface area contributed by atoms with Gasteiger partial charge in [-0.1, -0.05) is 6.07 Å². The van der Waals surface area contributed by atoms with E-state index in [-0.39, 0.29) is 22.3 Å². The van der Waals surface area contributed by atoms with Crippen molar-refractivity contribution >= 4 is 27.3 Å². The number of nitro groups is 1. The fourth-order valence-corrected chi connectivity index (χ4v) is 2.66. The highest BCUT2D eigenvalue weighted by atomic mass is 35.5. The Bertz CT molecular complexity index is 741. The first-order chi connectivity index (χ1) is 9.38. The molecule has 0 radical (unpaired) electrons. The largest absolute Gasteiger partial charge is 0.448 e. The molecule has 0 saturated heterocycles. The third-order valence-corrected chi connectivity index (χ3v) is 4.01. The fraction of sp³-hybridized carbons (Fsp3) is 0.0909. The average molecular weight is 317 g/mol. The molecule has 9 heteroatoms.